The van der Waals surface area contributed by atoms with Gasteiger partial charge in [-0.1, -0.05) is 30.3 Å². The third kappa shape index (κ3) is 3.35. The van der Waals surface area contributed by atoms with Crippen LogP contribution < -0.4 is 0 Å². The van der Waals surface area contributed by atoms with E-state index < -0.39 is 0 Å². The van der Waals surface area contributed by atoms with Gasteiger partial charge in [-0.2, -0.15) is 0 Å². The highest BCUT2D eigenvalue weighted by molar-refractivity contribution is 5.95. The summed E-state index contributed by atoms with van der Waals surface area (Å²) in [7, 11) is 0. The lowest BCUT2D eigenvalue weighted by Crippen LogP contribution is -2.28. The molecule has 2 aliphatic rings. The number of benzene rings is 2. The highest BCUT2D eigenvalue weighted by Gasteiger charge is 2.28. The van der Waals surface area contributed by atoms with Crippen molar-refractivity contribution in [3.05, 3.63) is 71.3 Å². The maximum Gasteiger partial charge on any atom is 0.255 e. The number of rotatable bonds is 3. The highest BCUT2D eigenvalue weighted by atomic mass is 16.5. The monoisotopic (exact) mass is 350 g/mol. The molecule has 0 spiro atoms. The molecule has 5 nitrogen and oxygen atoms in total. The molecular formula is C21H22N2O3. The Balaban J connectivity index is 1.41. The van der Waals surface area contributed by atoms with E-state index in [4.69, 9.17) is 4.74 Å². The second-order valence-corrected chi connectivity index (χ2v) is 6.83. The van der Waals surface area contributed by atoms with E-state index >= 15 is 0 Å². The molecule has 134 valence electrons. The standard InChI is InChI=1S/C21H22N2O3/c24-20(17-4-2-1-3-5-17)22-11-10-19(14-22)16-6-8-18(9-7-16)21(25)23-12-13-26-15-23/h1-9,19H,10-15H2. The lowest BCUT2D eigenvalue weighted by molar-refractivity contribution is 0.0694. The van der Waals surface area contributed by atoms with Crippen molar-refractivity contribution in [2.24, 2.45) is 0 Å². The van der Waals surface area contributed by atoms with Gasteiger partial charge in [0.1, 0.15) is 6.73 Å². The largest absolute Gasteiger partial charge is 0.359 e. The molecule has 5 heteroatoms. The number of carbonyl (C=O) groups is 2. The van der Waals surface area contributed by atoms with Crippen LogP contribution in [-0.2, 0) is 4.74 Å². The van der Waals surface area contributed by atoms with Gasteiger partial charge < -0.3 is 14.5 Å². The summed E-state index contributed by atoms with van der Waals surface area (Å²) in [6.07, 6.45) is 0.950. The highest BCUT2D eigenvalue weighted by Crippen LogP contribution is 2.28. The molecule has 0 aromatic heterocycles. The van der Waals surface area contributed by atoms with Crippen LogP contribution in [0, 0.1) is 0 Å². The van der Waals surface area contributed by atoms with Crippen LogP contribution in [0.3, 0.4) is 0 Å². The predicted molar refractivity (Wildman–Crippen MR) is 98.0 cm³/mol. The maximum atomic E-state index is 12.6. The third-order valence-corrected chi connectivity index (χ3v) is 5.17. The summed E-state index contributed by atoms with van der Waals surface area (Å²) >= 11 is 0. The molecule has 0 radical (unpaired) electrons. The van der Waals surface area contributed by atoms with Gasteiger partial charge in [-0.05, 0) is 36.2 Å². The summed E-state index contributed by atoms with van der Waals surface area (Å²) in [5.74, 6) is 0.428. The predicted octanol–water partition coefficient (Wildman–Crippen LogP) is 2.75. The van der Waals surface area contributed by atoms with Crippen LogP contribution in [0.4, 0.5) is 0 Å². The first-order valence-electron chi connectivity index (χ1n) is 9.03. The van der Waals surface area contributed by atoms with Crippen molar-refractivity contribution >= 4 is 11.8 Å². The van der Waals surface area contributed by atoms with E-state index in [2.05, 4.69) is 0 Å². The number of hydrogen-bond donors (Lipinski definition) is 0. The fraction of sp³-hybridized carbons (Fsp3) is 0.333. The zero-order valence-corrected chi connectivity index (χ0v) is 14.6. The van der Waals surface area contributed by atoms with Crippen molar-refractivity contribution in [2.45, 2.75) is 12.3 Å². The quantitative estimate of drug-likeness (QED) is 0.855. The van der Waals surface area contributed by atoms with E-state index in [1.165, 1.54) is 5.56 Å². The van der Waals surface area contributed by atoms with E-state index in [1.807, 2.05) is 59.5 Å². The lowest BCUT2D eigenvalue weighted by Gasteiger charge is -2.17. The van der Waals surface area contributed by atoms with Gasteiger partial charge in [0.05, 0.1) is 6.61 Å². The lowest BCUT2D eigenvalue weighted by atomic mass is 9.97. The molecule has 0 bridgehead atoms. The Labute approximate surface area is 153 Å². The smallest absolute Gasteiger partial charge is 0.255 e. The first-order valence-corrected chi connectivity index (χ1v) is 9.03. The van der Waals surface area contributed by atoms with Gasteiger partial charge in [0, 0.05) is 36.7 Å². The molecule has 2 aromatic carbocycles. The molecule has 2 fully saturated rings. The van der Waals surface area contributed by atoms with E-state index in [9.17, 15) is 9.59 Å². The van der Waals surface area contributed by atoms with Crippen LogP contribution in [0.2, 0.25) is 0 Å². The van der Waals surface area contributed by atoms with Gasteiger partial charge in [0.2, 0.25) is 0 Å². The third-order valence-electron chi connectivity index (χ3n) is 5.17. The van der Waals surface area contributed by atoms with Gasteiger partial charge in [-0.25, -0.2) is 0 Å². The molecule has 2 heterocycles. The van der Waals surface area contributed by atoms with E-state index in [0.717, 1.165) is 25.1 Å². The molecular weight excluding hydrogens is 328 g/mol. The topological polar surface area (TPSA) is 49.9 Å². The van der Waals surface area contributed by atoms with Gasteiger partial charge in [0.25, 0.3) is 11.8 Å². The maximum absolute atomic E-state index is 12.6. The number of amides is 2. The average molecular weight is 350 g/mol. The first kappa shape index (κ1) is 16.8. The Morgan fingerprint density at radius 3 is 2.23 bits per heavy atom. The Hall–Kier alpha value is -2.66. The molecule has 1 unspecified atom stereocenters. The molecule has 1 atom stereocenters. The van der Waals surface area contributed by atoms with Crippen molar-refractivity contribution in [1.29, 1.82) is 0 Å². The Morgan fingerprint density at radius 2 is 1.54 bits per heavy atom. The number of ether oxygens (including phenoxy) is 1. The van der Waals surface area contributed by atoms with E-state index in [-0.39, 0.29) is 11.8 Å². The molecule has 2 aromatic rings. The average Bonchev–Trinajstić information content (AvgIpc) is 3.40. The molecule has 0 N–H and O–H groups in total. The fourth-order valence-corrected chi connectivity index (χ4v) is 3.63. The van der Waals surface area contributed by atoms with Crippen LogP contribution in [0.25, 0.3) is 0 Å². The minimum Gasteiger partial charge on any atom is -0.359 e. The summed E-state index contributed by atoms with van der Waals surface area (Å²) in [6.45, 7) is 3.13. The number of hydrogen-bond acceptors (Lipinski definition) is 3. The van der Waals surface area contributed by atoms with Crippen LogP contribution in [0.5, 0.6) is 0 Å². The first-order chi connectivity index (χ1) is 12.7. The van der Waals surface area contributed by atoms with Crippen LogP contribution in [0.1, 0.15) is 38.6 Å². The van der Waals surface area contributed by atoms with E-state index in [1.54, 1.807) is 4.90 Å². The van der Waals surface area contributed by atoms with Crippen molar-refractivity contribution in [3.8, 4) is 0 Å². The molecule has 2 aliphatic heterocycles. The zero-order chi connectivity index (χ0) is 17.9. The summed E-state index contributed by atoms with van der Waals surface area (Å²) < 4.78 is 5.24. The normalized spacial score (nSPS) is 19.8. The summed E-state index contributed by atoms with van der Waals surface area (Å²) in [5.41, 5.74) is 2.61. The van der Waals surface area contributed by atoms with Gasteiger partial charge in [-0.3, -0.25) is 9.59 Å². The van der Waals surface area contributed by atoms with Gasteiger partial charge in [0.15, 0.2) is 0 Å². The summed E-state index contributed by atoms with van der Waals surface area (Å²) in [6, 6.07) is 17.2. The minimum atomic E-state index is 0.0151. The number of carbonyl (C=O) groups excluding carboxylic acids is 2. The summed E-state index contributed by atoms with van der Waals surface area (Å²) in [5, 5.41) is 0. The Bertz CT molecular complexity index is 783. The molecule has 2 amide bonds. The van der Waals surface area contributed by atoms with Crippen LogP contribution >= 0.6 is 0 Å². The Morgan fingerprint density at radius 1 is 0.846 bits per heavy atom. The van der Waals surface area contributed by atoms with Crippen LogP contribution in [-0.4, -0.2) is 54.6 Å². The van der Waals surface area contributed by atoms with Crippen molar-refractivity contribution in [3.63, 3.8) is 0 Å². The molecule has 2 saturated heterocycles. The minimum absolute atomic E-state index is 0.0151. The second kappa shape index (κ2) is 7.30. The summed E-state index contributed by atoms with van der Waals surface area (Å²) in [4.78, 5) is 28.6. The van der Waals surface area contributed by atoms with Gasteiger partial charge in [-0.15, -0.1) is 0 Å². The van der Waals surface area contributed by atoms with Crippen LogP contribution in [0.15, 0.2) is 54.6 Å². The SMILES string of the molecule is O=C(c1ccc(C2CCN(C(=O)c3ccccc3)C2)cc1)N1CCOC1. The molecule has 4 rings (SSSR count). The van der Waals surface area contributed by atoms with Crippen molar-refractivity contribution in [2.75, 3.05) is 33.0 Å². The van der Waals surface area contributed by atoms with Crippen molar-refractivity contribution < 1.29 is 14.3 Å². The fourth-order valence-electron chi connectivity index (χ4n) is 3.63. The second-order valence-electron chi connectivity index (χ2n) is 6.83. The zero-order valence-electron chi connectivity index (χ0n) is 14.6. The van der Waals surface area contributed by atoms with E-state index in [0.29, 0.717) is 31.4 Å². The number of likely N-dealkylation sites (tertiary alicyclic amines) is 1. The molecule has 0 saturated carbocycles. The van der Waals surface area contributed by atoms with Gasteiger partial charge >= 0.3 is 0 Å². The molecule has 26 heavy (non-hydrogen) atoms. The number of nitrogens with zero attached hydrogens (tertiary/aromatic N) is 2. The Kier molecular flexibility index (Phi) is 4.71. The molecule has 0 aliphatic carbocycles. The van der Waals surface area contributed by atoms with Crippen molar-refractivity contribution in [1.82, 2.24) is 9.80 Å².